The summed E-state index contributed by atoms with van der Waals surface area (Å²) in [4.78, 5) is 11.0. The fraction of sp³-hybridized carbons (Fsp3) is 0.462. The van der Waals surface area contributed by atoms with Crippen molar-refractivity contribution in [1.82, 2.24) is 0 Å². The van der Waals surface area contributed by atoms with Crippen LogP contribution in [-0.2, 0) is 14.6 Å². The Labute approximate surface area is 118 Å². The number of sulfone groups is 1. The Morgan fingerprint density at radius 1 is 1.25 bits per heavy atom. The molecule has 6 nitrogen and oxygen atoms in total. The lowest BCUT2D eigenvalue weighted by Gasteiger charge is -2.19. The molecule has 0 unspecified atom stereocenters. The highest BCUT2D eigenvalue weighted by Crippen LogP contribution is 2.26. The van der Waals surface area contributed by atoms with Gasteiger partial charge in [-0.1, -0.05) is 12.1 Å². The Morgan fingerprint density at radius 3 is 2.30 bits per heavy atom. The maximum Gasteiger partial charge on any atom is 0.324 e. The SMILES string of the molecule is COc1ccccc1OCCS(=O)(=O)C(C)(C)C(=O)O. The first-order chi connectivity index (χ1) is 9.22. The minimum Gasteiger partial charge on any atom is -0.493 e. The summed E-state index contributed by atoms with van der Waals surface area (Å²) in [5, 5.41) is 8.94. The molecule has 0 saturated heterocycles. The zero-order chi connectivity index (χ0) is 15.4. The number of carboxylic acids is 1. The standard InChI is InChI=1S/C13H18O6S/c1-13(2,12(14)15)20(16,17)9-8-19-11-7-5-4-6-10(11)18-3/h4-7H,8-9H2,1-3H3,(H,14,15). The van der Waals surface area contributed by atoms with Gasteiger partial charge in [-0.3, -0.25) is 4.79 Å². The average Bonchev–Trinajstić information content (AvgIpc) is 2.38. The number of methoxy groups -OCH3 is 1. The first kappa shape index (κ1) is 16.3. The molecule has 20 heavy (non-hydrogen) atoms. The molecule has 0 amide bonds. The average molecular weight is 302 g/mol. The van der Waals surface area contributed by atoms with Gasteiger partial charge in [-0.25, -0.2) is 8.42 Å². The zero-order valence-corrected chi connectivity index (χ0v) is 12.4. The molecule has 0 saturated carbocycles. The number of carboxylic acid groups (broad SMARTS) is 1. The van der Waals surface area contributed by atoms with Gasteiger partial charge in [-0.05, 0) is 26.0 Å². The van der Waals surface area contributed by atoms with E-state index in [1.807, 2.05) is 0 Å². The van der Waals surface area contributed by atoms with Gasteiger partial charge >= 0.3 is 5.97 Å². The van der Waals surface area contributed by atoms with Crippen LogP contribution in [0.15, 0.2) is 24.3 Å². The zero-order valence-electron chi connectivity index (χ0n) is 11.6. The number of carbonyl (C=O) groups is 1. The highest BCUT2D eigenvalue weighted by Gasteiger charge is 2.41. The van der Waals surface area contributed by atoms with Gasteiger partial charge in [0.25, 0.3) is 0 Å². The molecule has 0 aliphatic carbocycles. The van der Waals surface area contributed by atoms with Crippen LogP contribution < -0.4 is 9.47 Å². The predicted octanol–water partition coefficient (Wildman–Crippen LogP) is 1.35. The molecule has 0 aliphatic heterocycles. The van der Waals surface area contributed by atoms with Crippen LogP contribution in [0.3, 0.4) is 0 Å². The van der Waals surface area contributed by atoms with Crippen LogP contribution in [0, 0.1) is 0 Å². The Balaban J connectivity index is 2.71. The third-order valence-corrected chi connectivity index (χ3v) is 5.41. The monoisotopic (exact) mass is 302 g/mol. The highest BCUT2D eigenvalue weighted by atomic mass is 32.2. The van der Waals surface area contributed by atoms with E-state index in [0.717, 1.165) is 13.8 Å². The lowest BCUT2D eigenvalue weighted by molar-refractivity contribution is -0.139. The van der Waals surface area contributed by atoms with Crippen molar-refractivity contribution in [2.24, 2.45) is 0 Å². The third kappa shape index (κ3) is 3.41. The summed E-state index contributed by atoms with van der Waals surface area (Å²) in [5.41, 5.74) is 0. The maximum absolute atomic E-state index is 11.9. The van der Waals surface area contributed by atoms with E-state index >= 15 is 0 Å². The molecule has 0 heterocycles. The van der Waals surface area contributed by atoms with Gasteiger partial charge in [0.2, 0.25) is 0 Å². The van der Waals surface area contributed by atoms with Crippen molar-refractivity contribution in [3.05, 3.63) is 24.3 Å². The van der Waals surface area contributed by atoms with Crippen LogP contribution >= 0.6 is 0 Å². The number of ether oxygens (including phenoxy) is 2. The summed E-state index contributed by atoms with van der Waals surface area (Å²) >= 11 is 0. The van der Waals surface area contributed by atoms with E-state index in [2.05, 4.69) is 0 Å². The molecule has 1 aromatic carbocycles. The number of para-hydroxylation sites is 2. The number of hydrogen-bond donors (Lipinski definition) is 1. The van der Waals surface area contributed by atoms with Gasteiger partial charge in [-0.2, -0.15) is 0 Å². The van der Waals surface area contributed by atoms with E-state index in [1.165, 1.54) is 7.11 Å². The fourth-order valence-electron chi connectivity index (χ4n) is 1.39. The molecule has 0 spiro atoms. The van der Waals surface area contributed by atoms with Gasteiger partial charge < -0.3 is 14.6 Å². The first-order valence-corrected chi connectivity index (χ1v) is 7.59. The molecule has 0 radical (unpaired) electrons. The molecule has 1 N–H and O–H groups in total. The van der Waals surface area contributed by atoms with Crippen molar-refractivity contribution >= 4 is 15.8 Å². The smallest absolute Gasteiger partial charge is 0.324 e. The molecular weight excluding hydrogens is 284 g/mol. The number of aliphatic carboxylic acids is 1. The summed E-state index contributed by atoms with van der Waals surface area (Å²) in [7, 11) is -2.34. The largest absolute Gasteiger partial charge is 0.493 e. The maximum atomic E-state index is 11.9. The molecular formula is C13H18O6S. The molecule has 0 aromatic heterocycles. The molecule has 112 valence electrons. The van der Waals surface area contributed by atoms with Gasteiger partial charge in [0.05, 0.1) is 12.9 Å². The minimum atomic E-state index is -3.81. The quantitative estimate of drug-likeness (QED) is 0.817. The van der Waals surface area contributed by atoms with E-state index in [4.69, 9.17) is 14.6 Å². The Bertz CT molecular complexity index is 576. The van der Waals surface area contributed by atoms with Crippen molar-refractivity contribution in [3.63, 3.8) is 0 Å². The molecule has 0 fully saturated rings. The summed E-state index contributed by atoms with van der Waals surface area (Å²) in [6.45, 7) is 2.18. The minimum absolute atomic E-state index is 0.139. The van der Waals surface area contributed by atoms with Crippen LogP contribution in [-0.4, -0.2) is 43.7 Å². The van der Waals surface area contributed by atoms with Crippen molar-refractivity contribution in [1.29, 1.82) is 0 Å². The van der Waals surface area contributed by atoms with Crippen LogP contribution in [0.4, 0.5) is 0 Å². The van der Waals surface area contributed by atoms with Gasteiger partial charge in [0, 0.05) is 0 Å². The first-order valence-electron chi connectivity index (χ1n) is 5.94. The lowest BCUT2D eigenvalue weighted by atomic mass is 10.2. The van der Waals surface area contributed by atoms with E-state index < -0.39 is 20.6 Å². The van der Waals surface area contributed by atoms with E-state index in [0.29, 0.717) is 11.5 Å². The number of hydrogen-bond acceptors (Lipinski definition) is 5. The second-order valence-corrected chi connectivity index (χ2v) is 7.29. The second kappa shape index (κ2) is 6.13. The van der Waals surface area contributed by atoms with Crippen molar-refractivity contribution in [2.45, 2.75) is 18.6 Å². The van der Waals surface area contributed by atoms with E-state index in [-0.39, 0.29) is 12.4 Å². The van der Waals surface area contributed by atoms with Gasteiger partial charge in [-0.15, -0.1) is 0 Å². The Hall–Kier alpha value is -1.76. The lowest BCUT2D eigenvalue weighted by Crippen LogP contribution is -2.42. The molecule has 1 rings (SSSR count). The Morgan fingerprint density at radius 2 is 1.80 bits per heavy atom. The van der Waals surface area contributed by atoms with Crippen LogP contribution in [0.1, 0.15) is 13.8 Å². The highest BCUT2D eigenvalue weighted by molar-refractivity contribution is 7.93. The topological polar surface area (TPSA) is 89.9 Å². The summed E-state index contributed by atoms with van der Waals surface area (Å²) in [5.74, 6) is -0.861. The van der Waals surface area contributed by atoms with Crippen LogP contribution in [0.2, 0.25) is 0 Å². The summed E-state index contributed by atoms with van der Waals surface area (Å²) < 4.78 is 32.5. The van der Waals surface area contributed by atoms with Gasteiger partial charge in [0.15, 0.2) is 26.1 Å². The van der Waals surface area contributed by atoms with Crippen molar-refractivity contribution < 1.29 is 27.8 Å². The predicted molar refractivity (Wildman–Crippen MR) is 74.0 cm³/mol. The van der Waals surface area contributed by atoms with E-state index in [1.54, 1.807) is 24.3 Å². The van der Waals surface area contributed by atoms with Crippen LogP contribution in [0.25, 0.3) is 0 Å². The van der Waals surface area contributed by atoms with Crippen molar-refractivity contribution in [3.8, 4) is 11.5 Å². The molecule has 0 bridgehead atoms. The second-order valence-electron chi connectivity index (χ2n) is 4.63. The third-order valence-electron chi connectivity index (χ3n) is 2.97. The van der Waals surface area contributed by atoms with E-state index in [9.17, 15) is 13.2 Å². The molecule has 1 aromatic rings. The van der Waals surface area contributed by atoms with Crippen LogP contribution in [0.5, 0.6) is 11.5 Å². The normalized spacial score (nSPS) is 11.9. The van der Waals surface area contributed by atoms with Gasteiger partial charge in [0.1, 0.15) is 6.61 Å². The Kier molecular flexibility index (Phi) is 4.99. The fourth-order valence-corrected chi connectivity index (χ4v) is 2.47. The summed E-state index contributed by atoms with van der Waals surface area (Å²) in [6, 6.07) is 6.82. The molecule has 0 aliphatic rings. The number of benzene rings is 1. The van der Waals surface area contributed by atoms with Crippen molar-refractivity contribution in [2.75, 3.05) is 19.5 Å². The summed E-state index contributed by atoms with van der Waals surface area (Å²) in [6.07, 6.45) is 0. The molecule has 0 atom stereocenters. The number of rotatable bonds is 7. The molecule has 7 heteroatoms.